The minimum Gasteiger partial charge on any atom is -0.327 e. The van der Waals surface area contributed by atoms with Gasteiger partial charge in [-0.2, -0.15) is 0 Å². The molecule has 78 valence electrons. The van der Waals surface area contributed by atoms with Gasteiger partial charge in [-0.1, -0.05) is 30.7 Å². The van der Waals surface area contributed by atoms with Crippen LogP contribution in [0, 0.1) is 6.92 Å². The molecule has 0 saturated heterocycles. The summed E-state index contributed by atoms with van der Waals surface area (Å²) < 4.78 is 14.1. The minimum atomic E-state index is -1.45. The lowest BCUT2D eigenvalue weighted by molar-refractivity contribution is 0.169. The lowest BCUT2D eigenvalue weighted by atomic mass is 9.92. The van der Waals surface area contributed by atoms with Gasteiger partial charge >= 0.3 is 0 Å². The number of alkyl halides is 1. The molecule has 0 amide bonds. The molecule has 1 unspecified atom stereocenters. The van der Waals surface area contributed by atoms with E-state index in [-0.39, 0.29) is 6.54 Å². The van der Waals surface area contributed by atoms with Gasteiger partial charge in [0.15, 0.2) is 0 Å². The van der Waals surface area contributed by atoms with E-state index in [2.05, 4.69) is 0 Å². The van der Waals surface area contributed by atoms with Crippen LogP contribution in [-0.4, -0.2) is 6.54 Å². The van der Waals surface area contributed by atoms with E-state index in [1.165, 1.54) is 0 Å². The second-order valence-corrected chi connectivity index (χ2v) is 3.89. The first kappa shape index (κ1) is 11.5. The lowest BCUT2D eigenvalue weighted by Crippen LogP contribution is -2.29. The van der Waals surface area contributed by atoms with Gasteiger partial charge in [0.2, 0.25) is 0 Å². The molecule has 3 heteroatoms. The molecule has 0 spiro atoms. The first-order valence-electron chi connectivity index (χ1n) is 4.69. The van der Waals surface area contributed by atoms with Gasteiger partial charge in [0.1, 0.15) is 5.67 Å². The first-order chi connectivity index (χ1) is 6.53. The highest BCUT2D eigenvalue weighted by Gasteiger charge is 2.28. The Labute approximate surface area is 89.1 Å². The predicted octanol–water partition coefficient (Wildman–Crippen LogP) is 3.18. The highest BCUT2D eigenvalue weighted by molar-refractivity contribution is 6.31. The van der Waals surface area contributed by atoms with Crippen LogP contribution in [0.2, 0.25) is 5.02 Å². The summed E-state index contributed by atoms with van der Waals surface area (Å²) in [6, 6.07) is 5.22. The zero-order valence-corrected chi connectivity index (χ0v) is 9.24. The number of hydrogen-bond acceptors (Lipinski definition) is 1. The Morgan fingerprint density at radius 3 is 2.57 bits per heavy atom. The molecular formula is C11H15ClFN. The Balaban J connectivity index is 3.12. The fourth-order valence-corrected chi connectivity index (χ4v) is 1.52. The molecule has 0 bridgehead atoms. The van der Waals surface area contributed by atoms with E-state index < -0.39 is 5.67 Å². The van der Waals surface area contributed by atoms with Gasteiger partial charge in [-0.25, -0.2) is 4.39 Å². The van der Waals surface area contributed by atoms with Crippen LogP contribution in [0.5, 0.6) is 0 Å². The normalized spacial score (nSPS) is 15.2. The Kier molecular flexibility index (Phi) is 3.51. The third kappa shape index (κ3) is 2.07. The van der Waals surface area contributed by atoms with E-state index in [4.69, 9.17) is 17.3 Å². The lowest BCUT2D eigenvalue weighted by Gasteiger charge is -2.22. The molecule has 0 radical (unpaired) electrons. The number of nitrogens with two attached hydrogens (primary N) is 1. The molecule has 1 nitrogen and oxygen atoms in total. The average Bonchev–Trinajstić information content (AvgIpc) is 2.21. The second kappa shape index (κ2) is 4.28. The van der Waals surface area contributed by atoms with Crippen LogP contribution >= 0.6 is 11.6 Å². The van der Waals surface area contributed by atoms with E-state index in [0.717, 1.165) is 5.56 Å². The van der Waals surface area contributed by atoms with Crippen molar-refractivity contribution in [1.29, 1.82) is 0 Å². The molecule has 14 heavy (non-hydrogen) atoms. The maximum Gasteiger partial charge on any atom is 0.147 e. The molecule has 0 fully saturated rings. The van der Waals surface area contributed by atoms with Crippen molar-refractivity contribution in [3.8, 4) is 0 Å². The molecular weight excluding hydrogens is 201 g/mol. The van der Waals surface area contributed by atoms with Crippen molar-refractivity contribution in [2.45, 2.75) is 25.9 Å². The number of hydrogen-bond donors (Lipinski definition) is 1. The molecule has 1 atom stereocenters. The standard InChI is InChI=1S/C11H15ClFN/c1-3-11(13,7-14)9-5-4-8(2)10(12)6-9/h4-6H,3,7,14H2,1-2H3. The maximum absolute atomic E-state index is 14.1. The topological polar surface area (TPSA) is 26.0 Å². The molecule has 0 aliphatic carbocycles. The molecule has 0 saturated carbocycles. The van der Waals surface area contributed by atoms with E-state index in [9.17, 15) is 4.39 Å². The highest BCUT2D eigenvalue weighted by atomic mass is 35.5. The van der Waals surface area contributed by atoms with Gasteiger partial charge in [-0.05, 0) is 30.5 Å². The number of rotatable bonds is 3. The van der Waals surface area contributed by atoms with Gasteiger partial charge in [0, 0.05) is 11.6 Å². The fourth-order valence-electron chi connectivity index (χ4n) is 1.34. The van der Waals surface area contributed by atoms with Crippen LogP contribution in [0.3, 0.4) is 0 Å². The summed E-state index contributed by atoms with van der Waals surface area (Å²) in [4.78, 5) is 0. The van der Waals surface area contributed by atoms with Crippen molar-refractivity contribution in [3.63, 3.8) is 0 Å². The zero-order chi connectivity index (χ0) is 10.8. The third-order valence-corrected chi connectivity index (χ3v) is 2.98. The molecule has 2 N–H and O–H groups in total. The smallest absolute Gasteiger partial charge is 0.147 e. The van der Waals surface area contributed by atoms with Crippen LogP contribution in [-0.2, 0) is 5.67 Å². The van der Waals surface area contributed by atoms with Gasteiger partial charge in [-0.15, -0.1) is 0 Å². The zero-order valence-electron chi connectivity index (χ0n) is 8.48. The van der Waals surface area contributed by atoms with Gasteiger partial charge < -0.3 is 5.73 Å². The molecule has 0 aliphatic heterocycles. The van der Waals surface area contributed by atoms with Crippen molar-refractivity contribution in [1.82, 2.24) is 0 Å². The molecule has 1 aromatic carbocycles. The molecule has 1 rings (SSSR count). The maximum atomic E-state index is 14.1. The summed E-state index contributed by atoms with van der Waals surface area (Å²) in [5.74, 6) is 0. The SMILES string of the molecule is CCC(F)(CN)c1ccc(C)c(Cl)c1. The highest BCUT2D eigenvalue weighted by Crippen LogP contribution is 2.31. The van der Waals surface area contributed by atoms with Crippen LogP contribution in [0.1, 0.15) is 24.5 Å². The summed E-state index contributed by atoms with van der Waals surface area (Å²) in [5.41, 5.74) is 5.49. The van der Waals surface area contributed by atoms with Crippen molar-refractivity contribution in [2.24, 2.45) is 5.73 Å². The second-order valence-electron chi connectivity index (χ2n) is 3.49. The Bertz CT molecular complexity index is 321. The summed E-state index contributed by atoms with van der Waals surface area (Å²) >= 11 is 5.93. The Morgan fingerprint density at radius 1 is 1.50 bits per heavy atom. The van der Waals surface area contributed by atoms with Crippen LogP contribution in [0.15, 0.2) is 18.2 Å². The Hall–Kier alpha value is -0.600. The fraction of sp³-hybridized carbons (Fsp3) is 0.455. The number of halogens is 2. The monoisotopic (exact) mass is 215 g/mol. The van der Waals surface area contributed by atoms with Crippen LogP contribution in [0.25, 0.3) is 0 Å². The minimum absolute atomic E-state index is 0.0110. The summed E-state index contributed by atoms with van der Waals surface area (Å²) in [6.45, 7) is 3.66. The van der Waals surface area contributed by atoms with Gasteiger partial charge in [-0.3, -0.25) is 0 Å². The summed E-state index contributed by atoms with van der Waals surface area (Å²) in [7, 11) is 0. The van der Waals surface area contributed by atoms with E-state index in [1.54, 1.807) is 19.1 Å². The van der Waals surface area contributed by atoms with Crippen molar-refractivity contribution < 1.29 is 4.39 Å². The van der Waals surface area contributed by atoms with Crippen LogP contribution < -0.4 is 5.73 Å². The molecule has 1 aromatic rings. The predicted molar refractivity (Wildman–Crippen MR) is 58.3 cm³/mol. The van der Waals surface area contributed by atoms with Crippen molar-refractivity contribution in [2.75, 3.05) is 6.54 Å². The number of aryl methyl sites for hydroxylation is 1. The molecule has 0 aliphatic rings. The first-order valence-corrected chi connectivity index (χ1v) is 5.07. The van der Waals surface area contributed by atoms with Crippen LogP contribution in [0.4, 0.5) is 4.39 Å². The van der Waals surface area contributed by atoms with E-state index in [0.29, 0.717) is 17.0 Å². The summed E-state index contributed by atoms with van der Waals surface area (Å²) in [6.07, 6.45) is 0.364. The largest absolute Gasteiger partial charge is 0.327 e. The molecule has 0 heterocycles. The quantitative estimate of drug-likeness (QED) is 0.824. The van der Waals surface area contributed by atoms with Crippen molar-refractivity contribution in [3.05, 3.63) is 34.3 Å². The van der Waals surface area contributed by atoms with E-state index >= 15 is 0 Å². The van der Waals surface area contributed by atoms with Gasteiger partial charge in [0.25, 0.3) is 0 Å². The van der Waals surface area contributed by atoms with E-state index in [1.807, 2.05) is 13.0 Å². The average molecular weight is 216 g/mol. The Morgan fingerprint density at radius 2 is 2.14 bits per heavy atom. The number of benzene rings is 1. The third-order valence-electron chi connectivity index (χ3n) is 2.57. The van der Waals surface area contributed by atoms with Gasteiger partial charge in [0.05, 0.1) is 0 Å². The summed E-state index contributed by atoms with van der Waals surface area (Å²) in [5, 5.41) is 0.589. The van der Waals surface area contributed by atoms with Crippen molar-refractivity contribution >= 4 is 11.6 Å². The molecule has 0 aromatic heterocycles.